The predicted octanol–water partition coefficient (Wildman–Crippen LogP) is 1.62. The minimum absolute atomic E-state index is 0.314. The van der Waals surface area contributed by atoms with Gasteiger partial charge < -0.3 is 5.73 Å². The highest BCUT2D eigenvalue weighted by Crippen LogP contribution is 2.31. The van der Waals surface area contributed by atoms with Crippen LogP contribution in [0.1, 0.15) is 19.3 Å². The Morgan fingerprint density at radius 2 is 2.46 bits per heavy atom. The van der Waals surface area contributed by atoms with E-state index in [1.807, 2.05) is 12.2 Å². The van der Waals surface area contributed by atoms with Crippen molar-refractivity contribution in [3.63, 3.8) is 0 Å². The van der Waals surface area contributed by atoms with Crippen LogP contribution in [-0.4, -0.2) is 17.5 Å². The smallest absolute Gasteiger partial charge is 0.319 e. The molecule has 70 valence electrons. The van der Waals surface area contributed by atoms with E-state index in [0.29, 0.717) is 5.92 Å². The number of allylic oxidation sites excluding steroid dienone is 4. The number of hydrogen-bond donors (Lipinski definition) is 1. The Hall–Kier alpha value is -1.25. The highest BCUT2D eigenvalue weighted by Gasteiger charge is 2.27. The van der Waals surface area contributed by atoms with Crippen molar-refractivity contribution < 1.29 is 4.79 Å². The molecule has 0 aromatic rings. The van der Waals surface area contributed by atoms with E-state index in [0.717, 1.165) is 25.1 Å². The number of carbonyl (C=O) groups is 1. The van der Waals surface area contributed by atoms with E-state index in [1.165, 1.54) is 6.42 Å². The second kappa shape index (κ2) is 3.24. The molecule has 1 aliphatic carbocycles. The van der Waals surface area contributed by atoms with Crippen LogP contribution in [0.25, 0.3) is 0 Å². The third kappa shape index (κ3) is 1.46. The molecule has 2 N–H and O–H groups in total. The number of rotatable bonds is 0. The summed E-state index contributed by atoms with van der Waals surface area (Å²) >= 11 is 0. The first-order chi connectivity index (χ1) is 6.29. The van der Waals surface area contributed by atoms with E-state index in [4.69, 9.17) is 5.73 Å². The van der Waals surface area contributed by atoms with Crippen molar-refractivity contribution in [2.75, 3.05) is 6.54 Å². The number of carbonyl (C=O) groups excluding carboxylic acids is 1. The molecule has 2 aliphatic rings. The molecule has 3 heteroatoms. The van der Waals surface area contributed by atoms with Crippen molar-refractivity contribution in [3.05, 3.63) is 23.9 Å². The minimum Gasteiger partial charge on any atom is -0.351 e. The van der Waals surface area contributed by atoms with Crippen molar-refractivity contribution >= 4 is 6.03 Å². The van der Waals surface area contributed by atoms with Gasteiger partial charge in [0.1, 0.15) is 0 Å². The number of primary amides is 1. The van der Waals surface area contributed by atoms with Gasteiger partial charge in [-0.2, -0.15) is 0 Å². The summed E-state index contributed by atoms with van der Waals surface area (Å²) in [5, 5.41) is 0. The van der Waals surface area contributed by atoms with Crippen LogP contribution in [0.15, 0.2) is 23.9 Å². The molecule has 0 saturated carbocycles. The molecule has 13 heavy (non-hydrogen) atoms. The number of piperidine rings is 1. The first-order valence-corrected chi connectivity index (χ1v) is 4.73. The maximum Gasteiger partial charge on any atom is 0.319 e. The Kier molecular flexibility index (Phi) is 2.08. The lowest BCUT2D eigenvalue weighted by molar-refractivity contribution is 0.201. The second-order valence-electron chi connectivity index (χ2n) is 3.58. The van der Waals surface area contributed by atoms with Gasteiger partial charge in [0.2, 0.25) is 0 Å². The average Bonchev–Trinajstić information content (AvgIpc) is 2.17. The van der Waals surface area contributed by atoms with Gasteiger partial charge >= 0.3 is 6.03 Å². The number of hydrogen-bond acceptors (Lipinski definition) is 1. The molecule has 0 aromatic carbocycles. The Bertz CT molecular complexity index is 281. The summed E-state index contributed by atoms with van der Waals surface area (Å²) < 4.78 is 0. The van der Waals surface area contributed by atoms with E-state index in [1.54, 1.807) is 4.90 Å². The Labute approximate surface area is 77.9 Å². The van der Waals surface area contributed by atoms with E-state index in [2.05, 4.69) is 6.08 Å². The summed E-state index contributed by atoms with van der Waals surface area (Å²) in [7, 11) is 0. The molecular weight excluding hydrogens is 164 g/mol. The van der Waals surface area contributed by atoms with Gasteiger partial charge in [0.05, 0.1) is 0 Å². The monoisotopic (exact) mass is 178 g/mol. The molecule has 0 bridgehead atoms. The number of likely N-dealkylation sites (tertiary alicyclic amines) is 1. The summed E-state index contributed by atoms with van der Waals surface area (Å²) in [6.45, 7) is 0.783. The second-order valence-corrected chi connectivity index (χ2v) is 3.58. The van der Waals surface area contributed by atoms with Crippen LogP contribution in [0.5, 0.6) is 0 Å². The van der Waals surface area contributed by atoms with Crippen molar-refractivity contribution in [1.29, 1.82) is 0 Å². The molecule has 0 spiro atoms. The van der Waals surface area contributed by atoms with E-state index in [9.17, 15) is 4.79 Å². The lowest BCUT2D eigenvalue weighted by Gasteiger charge is -2.35. The number of fused-ring (bicyclic) bond motifs is 1. The van der Waals surface area contributed by atoms with Gasteiger partial charge in [-0.25, -0.2) is 4.79 Å². The first kappa shape index (κ1) is 8.35. The zero-order valence-corrected chi connectivity index (χ0v) is 7.57. The summed E-state index contributed by atoms with van der Waals surface area (Å²) in [6, 6.07) is -0.314. The molecule has 2 amide bonds. The lowest BCUT2D eigenvalue weighted by Crippen LogP contribution is -2.41. The number of nitrogens with two attached hydrogens (primary N) is 1. The van der Waals surface area contributed by atoms with Gasteiger partial charge in [-0.3, -0.25) is 4.90 Å². The molecule has 1 atom stereocenters. The summed E-state index contributed by atoms with van der Waals surface area (Å²) in [5.74, 6) is 0.520. The van der Waals surface area contributed by atoms with Crippen molar-refractivity contribution in [2.24, 2.45) is 11.7 Å². The molecule has 2 rings (SSSR count). The molecule has 0 radical (unpaired) electrons. The van der Waals surface area contributed by atoms with Gasteiger partial charge in [0.15, 0.2) is 0 Å². The Balaban J connectivity index is 2.24. The van der Waals surface area contributed by atoms with Crippen LogP contribution in [0, 0.1) is 5.92 Å². The number of amides is 2. The third-order valence-electron chi connectivity index (χ3n) is 2.75. The zero-order chi connectivity index (χ0) is 9.26. The highest BCUT2D eigenvalue weighted by atomic mass is 16.2. The van der Waals surface area contributed by atoms with Crippen LogP contribution in [0.3, 0.4) is 0 Å². The molecule has 3 nitrogen and oxygen atoms in total. The van der Waals surface area contributed by atoms with Gasteiger partial charge in [-0.1, -0.05) is 12.2 Å². The molecule has 0 aromatic heterocycles. The van der Waals surface area contributed by atoms with Crippen LogP contribution >= 0.6 is 0 Å². The molecule has 1 aliphatic heterocycles. The fourth-order valence-electron chi connectivity index (χ4n) is 2.10. The quantitative estimate of drug-likeness (QED) is 0.602. The van der Waals surface area contributed by atoms with Gasteiger partial charge in [0, 0.05) is 18.2 Å². The largest absolute Gasteiger partial charge is 0.351 e. The predicted molar refractivity (Wildman–Crippen MR) is 50.9 cm³/mol. The molecule has 1 heterocycles. The van der Waals surface area contributed by atoms with Gasteiger partial charge in [-0.15, -0.1) is 0 Å². The van der Waals surface area contributed by atoms with Crippen LogP contribution in [0.4, 0.5) is 4.79 Å². The summed E-state index contributed by atoms with van der Waals surface area (Å²) in [4.78, 5) is 12.8. The topological polar surface area (TPSA) is 46.3 Å². The molecule has 1 saturated heterocycles. The fraction of sp³-hybridized carbons (Fsp3) is 0.500. The standard InChI is InChI=1S/C10H14N2O/c11-10(13)12-7-3-5-8-4-1-2-6-9(8)12/h1-2,6,8H,3-5,7H2,(H2,11,13). The number of urea groups is 1. The van der Waals surface area contributed by atoms with Gasteiger partial charge in [0.25, 0.3) is 0 Å². The van der Waals surface area contributed by atoms with Gasteiger partial charge in [-0.05, 0) is 25.3 Å². The maximum atomic E-state index is 11.1. The SMILES string of the molecule is NC(=O)N1CCCC2CC=CC=C21. The normalized spacial score (nSPS) is 26.6. The third-order valence-corrected chi connectivity index (χ3v) is 2.75. The molecule has 1 fully saturated rings. The first-order valence-electron chi connectivity index (χ1n) is 4.73. The maximum absolute atomic E-state index is 11.1. The zero-order valence-electron chi connectivity index (χ0n) is 7.57. The van der Waals surface area contributed by atoms with Crippen molar-refractivity contribution in [1.82, 2.24) is 4.90 Å². The number of nitrogens with zero attached hydrogens (tertiary/aromatic N) is 1. The van der Waals surface area contributed by atoms with E-state index >= 15 is 0 Å². The average molecular weight is 178 g/mol. The van der Waals surface area contributed by atoms with E-state index < -0.39 is 0 Å². The summed E-state index contributed by atoms with van der Waals surface area (Å²) in [5.41, 5.74) is 6.41. The fourth-order valence-corrected chi connectivity index (χ4v) is 2.10. The Morgan fingerprint density at radius 3 is 3.23 bits per heavy atom. The molecule has 1 unspecified atom stereocenters. The summed E-state index contributed by atoms with van der Waals surface area (Å²) in [6.07, 6.45) is 9.47. The van der Waals surface area contributed by atoms with Crippen molar-refractivity contribution in [2.45, 2.75) is 19.3 Å². The van der Waals surface area contributed by atoms with Crippen LogP contribution < -0.4 is 5.73 Å². The highest BCUT2D eigenvalue weighted by molar-refractivity contribution is 5.74. The lowest BCUT2D eigenvalue weighted by atomic mass is 9.88. The minimum atomic E-state index is -0.314. The van der Waals surface area contributed by atoms with Crippen LogP contribution in [-0.2, 0) is 0 Å². The van der Waals surface area contributed by atoms with E-state index in [-0.39, 0.29) is 6.03 Å². The Morgan fingerprint density at radius 1 is 1.62 bits per heavy atom. The molecular formula is C10H14N2O. The van der Waals surface area contributed by atoms with Crippen molar-refractivity contribution in [3.8, 4) is 0 Å². The van der Waals surface area contributed by atoms with Crippen LogP contribution in [0.2, 0.25) is 0 Å².